The lowest BCUT2D eigenvalue weighted by Gasteiger charge is -2.34. The van der Waals surface area contributed by atoms with Crippen molar-refractivity contribution in [1.29, 1.82) is 0 Å². The van der Waals surface area contributed by atoms with Crippen molar-refractivity contribution in [3.05, 3.63) is 130 Å². The molecule has 0 saturated carbocycles. The van der Waals surface area contributed by atoms with Crippen LogP contribution in [0, 0.1) is 10.8 Å². The van der Waals surface area contributed by atoms with Crippen molar-refractivity contribution < 1.29 is 19.5 Å². The molecule has 1 unspecified atom stereocenters. The van der Waals surface area contributed by atoms with Gasteiger partial charge in [0, 0.05) is 12.0 Å². The van der Waals surface area contributed by atoms with Gasteiger partial charge in [-0.1, -0.05) is 135 Å². The highest BCUT2D eigenvalue weighted by Crippen LogP contribution is 2.40. The lowest BCUT2D eigenvalue weighted by molar-refractivity contribution is -0.136. The fraction of sp³-hybridized carbons (Fsp3) is 0.375. The number of Topliss-reactive ketones (excluding diaryl/α,β-unsaturated/α-hetero) is 3. The van der Waals surface area contributed by atoms with Gasteiger partial charge in [-0.2, -0.15) is 0 Å². The molecule has 2 aliphatic carbocycles. The molecule has 0 radical (unpaired) electrons. The second-order valence-corrected chi connectivity index (χ2v) is 13.3. The summed E-state index contributed by atoms with van der Waals surface area (Å²) >= 11 is 0. The molecule has 0 heterocycles. The highest BCUT2D eigenvalue weighted by Gasteiger charge is 2.37. The number of hydrogen-bond acceptors (Lipinski definition) is 4. The molecule has 0 aromatic carbocycles. The standard InChI is InChI=1S/C40H50O4/c1-27(17-13-19-29(3)21-23-33-31(5)37(43)35(41)25-39(33,7)8)15-11-12-16-28(2)18-14-20-30(4)22-24-34-32(6)38(44)36(42)26-40(34,9)10/h11-24,35,41H,25-26H2,1-10H3/b12-11+,17-13+,18-14+,23-21+,24-22+,27-15+,28-16+,29-19+,30-20+. The molecule has 0 aromatic heterocycles. The number of carbonyl (C=O) groups excluding carboxylic acids is 3. The van der Waals surface area contributed by atoms with Crippen LogP contribution in [0.15, 0.2) is 130 Å². The largest absolute Gasteiger partial charge is 0.385 e. The Labute approximate surface area is 265 Å². The maximum Gasteiger partial charge on any atom is 0.224 e. The van der Waals surface area contributed by atoms with E-state index in [1.807, 2.05) is 121 Å². The Morgan fingerprint density at radius 1 is 0.636 bits per heavy atom. The summed E-state index contributed by atoms with van der Waals surface area (Å²) in [6.07, 6.45) is 28.0. The monoisotopic (exact) mass is 594 g/mol. The maximum atomic E-state index is 12.2. The predicted octanol–water partition coefficient (Wildman–Crippen LogP) is 9.11. The second kappa shape index (κ2) is 15.7. The summed E-state index contributed by atoms with van der Waals surface area (Å²) in [6.45, 7) is 19.8. The molecular formula is C40H50O4. The lowest BCUT2D eigenvalue weighted by Crippen LogP contribution is -2.35. The van der Waals surface area contributed by atoms with Crippen LogP contribution in [0.4, 0.5) is 0 Å². The number of aliphatic hydroxyl groups is 1. The first-order valence-electron chi connectivity index (χ1n) is 15.3. The summed E-state index contributed by atoms with van der Waals surface area (Å²) in [5.74, 6) is -0.851. The Bertz CT molecular complexity index is 1500. The van der Waals surface area contributed by atoms with E-state index in [9.17, 15) is 19.5 Å². The molecule has 0 aromatic rings. The predicted molar refractivity (Wildman–Crippen MR) is 184 cm³/mol. The molecule has 4 nitrogen and oxygen atoms in total. The van der Waals surface area contributed by atoms with Crippen LogP contribution >= 0.6 is 0 Å². The highest BCUT2D eigenvalue weighted by molar-refractivity contribution is 6.44. The molecule has 0 bridgehead atoms. The zero-order chi connectivity index (χ0) is 33.2. The second-order valence-electron chi connectivity index (χ2n) is 13.3. The molecule has 234 valence electrons. The van der Waals surface area contributed by atoms with Gasteiger partial charge in [0.15, 0.2) is 5.78 Å². The van der Waals surface area contributed by atoms with Crippen molar-refractivity contribution in [2.45, 2.75) is 88.2 Å². The maximum absolute atomic E-state index is 12.2. The summed E-state index contributed by atoms with van der Waals surface area (Å²) in [6, 6.07) is 0. The van der Waals surface area contributed by atoms with Gasteiger partial charge in [-0.25, -0.2) is 0 Å². The van der Waals surface area contributed by atoms with Crippen molar-refractivity contribution in [1.82, 2.24) is 0 Å². The van der Waals surface area contributed by atoms with Crippen LogP contribution in [-0.4, -0.2) is 28.6 Å². The fourth-order valence-corrected chi connectivity index (χ4v) is 5.46. The topological polar surface area (TPSA) is 71.4 Å². The van der Waals surface area contributed by atoms with E-state index < -0.39 is 6.10 Å². The summed E-state index contributed by atoms with van der Waals surface area (Å²) in [4.78, 5) is 36.3. The van der Waals surface area contributed by atoms with Crippen LogP contribution in [0.1, 0.15) is 82.1 Å². The molecular weight excluding hydrogens is 544 g/mol. The molecule has 0 spiro atoms. The van der Waals surface area contributed by atoms with E-state index in [0.29, 0.717) is 17.6 Å². The number of hydrogen-bond donors (Lipinski definition) is 1. The van der Waals surface area contributed by atoms with E-state index in [1.54, 1.807) is 13.8 Å². The molecule has 0 aliphatic heterocycles. The number of ketones is 3. The minimum Gasteiger partial charge on any atom is -0.385 e. The van der Waals surface area contributed by atoms with Crippen LogP contribution in [0.3, 0.4) is 0 Å². The van der Waals surface area contributed by atoms with Crippen LogP contribution in [0.5, 0.6) is 0 Å². The summed E-state index contributed by atoms with van der Waals surface area (Å²) in [5.41, 5.74) is 6.85. The number of allylic oxidation sites excluding steroid dienone is 21. The quantitative estimate of drug-likeness (QED) is 0.202. The summed E-state index contributed by atoms with van der Waals surface area (Å²) in [7, 11) is 0. The van der Waals surface area contributed by atoms with Crippen molar-refractivity contribution in [2.75, 3.05) is 0 Å². The first-order valence-corrected chi connectivity index (χ1v) is 15.3. The Morgan fingerprint density at radius 3 is 1.52 bits per heavy atom. The van der Waals surface area contributed by atoms with E-state index in [2.05, 4.69) is 19.9 Å². The number of rotatable bonds is 10. The van der Waals surface area contributed by atoms with E-state index in [-0.39, 0.29) is 34.6 Å². The Kier molecular flexibility index (Phi) is 13.0. The van der Waals surface area contributed by atoms with Crippen molar-refractivity contribution >= 4 is 17.3 Å². The summed E-state index contributed by atoms with van der Waals surface area (Å²) < 4.78 is 0. The number of aliphatic hydroxyl groups excluding tert-OH is 1. The van der Waals surface area contributed by atoms with E-state index in [4.69, 9.17) is 0 Å². The van der Waals surface area contributed by atoms with Gasteiger partial charge in [0.1, 0.15) is 6.10 Å². The van der Waals surface area contributed by atoms with Crippen molar-refractivity contribution in [3.63, 3.8) is 0 Å². The first kappa shape index (κ1) is 36.3. The third kappa shape index (κ3) is 10.4. The van der Waals surface area contributed by atoms with Gasteiger partial charge < -0.3 is 5.11 Å². The van der Waals surface area contributed by atoms with Gasteiger partial charge in [0.05, 0.1) is 0 Å². The average molecular weight is 595 g/mol. The minimum atomic E-state index is -0.908. The number of carbonyl (C=O) groups is 3. The van der Waals surface area contributed by atoms with Crippen molar-refractivity contribution in [3.8, 4) is 0 Å². The third-order valence-corrected chi connectivity index (χ3v) is 8.13. The molecule has 0 fully saturated rings. The lowest BCUT2D eigenvalue weighted by atomic mass is 9.71. The molecule has 0 amide bonds. The molecule has 44 heavy (non-hydrogen) atoms. The van der Waals surface area contributed by atoms with Gasteiger partial charge in [-0.15, -0.1) is 0 Å². The van der Waals surface area contributed by atoms with Gasteiger partial charge in [0.2, 0.25) is 11.6 Å². The smallest absolute Gasteiger partial charge is 0.224 e. The van der Waals surface area contributed by atoms with Crippen LogP contribution < -0.4 is 0 Å². The molecule has 1 N–H and O–H groups in total. The van der Waals surface area contributed by atoms with E-state index in [1.165, 1.54) is 0 Å². The average Bonchev–Trinajstić information content (AvgIpc) is 2.92. The summed E-state index contributed by atoms with van der Waals surface area (Å²) in [5, 5.41) is 10.0. The van der Waals surface area contributed by atoms with Crippen LogP contribution in [-0.2, 0) is 14.4 Å². The first-order chi connectivity index (χ1) is 20.5. The fourth-order valence-electron chi connectivity index (χ4n) is 5.46. The van der Waals surface area contributed by atoms with Gasteiger partial charge >= 0.3 is 0 Å². The third-order valence-electron chi connectivity index (χ3n) is 8.13. The van der Waals surface area contributed by atoms with Crippen LogP contribution in [0.2, 0.25) is 0 Å². The SMILES string of the molecule is CC1=C(/C=C/C(C)=C/C=C/C(C)=C/C=C/C=C(C)/C=C/C=C(C)/C=C/C2=C(C)C(=O)C(O)CC2(C)C)C(C)(C)CC(=O)C1=O. The minimum absolute atomic E-state index is 0.177. The Morgan fingerprint density at radius 2 is 1.05 bits per heavy atom. The normalized spacial score (nSPS) is 22.9. The van der Waals surface area contributed by atoms with Crippen molar-refractivity contribution in [2.24, 2.45) is 10.8 Å². The molecule has 0 saturated heterocycles. The molecule has 1 atom stereocenters. The van der Waals surface area contributed by atoms with Gasteiger partial charge in [-0.3, -0.25) is 14.4 Å². The van der Waals surface area contributed by atoms with E-state index >= 15 is 0 Å². The van der Waals surface area contributed by atoms with Crippen LogP contribution in [0.25, 0.3) is 0 Å². The molecule has 2 aliphatic rings. The van der Waals surface area contributed by atoms with Gasteiger partial charge in [0.25, 0.3) is 0 Å². The van der Waals surface area contributed by atoms with E-state index in [0.717, 1.165) is 33.4 Å². The van der Waals surface area contributed by atoms with Gasteiger partial charge in [-0.05, 0) is 75.5 Å². The Balaban J connectivity index is 1.95. The molecule has 4 heteroatoms. The zero-order valence-electron chi connectivity index (χ0n) is 28.2. The Hall–Kier alpha value is -3.89. The highest BCUT2D eigenvalue weighted by atomic mass is 16.3. The molecule has 2 rings (SSSR count). The zero-order valence-corrected chi connectivity index (χ0v) is 28.2.